The van der Waals surface area contributed by atoms with Gasteiger partial charge in [0, 0.05) is 13.1 Å². The third-order valence-corrected chi connectivity index (χ3v) is 6.82. The van der Waals surface area contributed by atoms with Crippen LogP contribution in [0.2, 0.25) is 0 Å². The summed E-state index contributed by atoms with van der Waals surface area (Å²) in [6, 6.07) is 7.29. The molecule has 3 atom stereocenters. The number of hydrogen-bond donors (Lipinski definition) is 0. The van der Waals surface area contributed by atoms with E-state index in [0.29, 0.717) is 12.1 Å². The quantitative estimate of drug-likeness (QED) is 0.688. The van der Waals surface area contributed by atoms with E-state index in [1.54, 1.807) is 7.11 Å². The molecule has 4 rings (SSSR count). The van der Waals surface area contributed by atoms with E-state index in [-0.39, 0.29) is 29.5 Å². The van der Waals surface area contributed by atoms with Gasteiger partial charge >= 0.3 is 0 Å². The molecule has 1 fully saturated rings. The molecule has 0 radical (unpaired) electrons. The SMILES string of the molecule is CCN(CC)CCN1C(=O)C2=C(C(=O)C3CCCCC3O2)C1c1cccc(OC)c1. The monoisotopic (exact) mass is 412 g/mol. The maximum atomic E-state index is 13.6. The second-order valence-corrected chi connectivity index (χ2v) is 8.36. The molecular weight excluding hydrogens is 380 g/mol. The van der Waals surface area contributed by atoms with Gasteiger partial charge in [0.2, 0.25) is 0 Å². The molecule has 1 amide bonds. The Labute approximate surface area is 178 Å². The van der Waals surface area contributed by atoms with Crippen LogP contribution < -0.4 is 4.74 Å². The van der Waals surface area contributed by atoms with Crippen LogP contribution in [0.4, 0.5) is 0 Å². The molecule has 3 aliphatic rings. The van der Waals surface area contributed by atoms with Crippen molar-refractivity contribution in [3.63, 3.8) is 0 Å². The molecule has 1 aliphatic carbocycles. The molecule has 0 bridgehead atoms. The number of fused-ring (bicyclic) bond motifs is 1. The fourth-order valence-corrected chi connectivity index (χ4v) is 5.07. The van der Waals surface area contributed by atoms with Crippen molar-refractivity contribution in [2.24, 2.45) is 5.92 Å². The van der Waals surface area contributed by atoms with E-state index in [1.807, 2.05) is 29.2 Å². The Hall–Kier alpha value is -2.34. The van der Waals surface area contributed by atoms with Crippen molar-refractivity contribution >= 4 is 11.7 Å². The van der Waals surface area contributed by atoms with Gasteiger partial charge in [0.1, 0.15) is 11.9 Å². The van der Waals surface area contributed by atoms with E-state index in [9.17, 15) is 9.59 Å². The summed E-state index contributed by atoms with van der Waals surface area (Å²) in [5.41, 5.74) is 1.45. The first kappa shape index (κ1) is 20.9. The predicted octanol–water partition coefficient (Wildman–Crippen LogP) is 3.33. The summed E-state index contributed by atoms with van der Waals surface area (Å²) in [5.74, 6) is 0.837. The lowest BCUT2D eigenvalue weighted by Crippen LogP contribution is -2.39. The van der Waals surface area contributed by atoms with Crippen molar-refractivity contribution in [3.8, 4) is 5.75 Å². The Morgan fingerprint density at radius 2 is 1.93 bits per heavy atom. The first-order valence-electron chi connectivity index (χ1n) is 11.2. The minimum atomic E-state index is -0.409. The Bertz CT molecular complexity index is 845. The number of methoxy groups -OCH3 is 1. The lowest BCUT2D eigenvalue weighted by atomic mass is 9.77. The number of benzene rings is 1. The Balaban J connectivity index is 1.72. The minimum absolute atomic E-state index is 0.104. The van der Waals surface area contributed by atoms with Gasteiger partial charge in [0.05, 0.1) is 24.6 Å². The van der Waals surface area contributed by atoms with Crippen LogP contribution in [0.1, 0.15) is 51.1 Å². The number of nitrogens with zero attached hydrogens (tertiary/aromatic N) is 2. The molecule has 6 nitrogen and oxygen atoms in total. The predicted molar refractivity (Wildman–Crippen MR) is 114 cm³/mol. The molecule has 0 N–H and O–H groups in total. The average molecular weight is 413 g/mol. The zero-order chi connectivity index (χ0) is 21.3. The highest BCUT2D eigenvalue weighted by Crippen LogP contribution is 2.46. The van der Waals surface area contributed by atoms with E-state index in [2.05, 4.69) is 18.7 Å². The summed E-state index contributed by atoms with van der Waals surface area (Å²) < 4.78 is 11.6. The van der Waals surface area contributed by atoms with Gasteiger partial charge in [0.15, 0.2) is 11.5 Å². The van der Waals surface area contributed by atoms with Gasteiger partial charge in [-0.1, -0.05) is 32.4 Å². The van der Waals surface area contributed by atoms with Gasteiger partial charge in [-0.3, -0.25) is 9.59 Å². The van der Waals surface area contributed by atoms with Crippen molar-refractivity contribution in [3.05, 3.63) is 41.2 Å². The summed E-state index contributed by atoms with van der Waals surface area (Å²) in [6.07, 6.45) is 3.64. The highest BCUT2D eigenvalue weighted by Gasteiger charge is 2.51. The van der Waals surface area contributed by atoms with E-state index in [4.69, 9.17) is 9.47 Å². The van der Waals surface area contributed by atoms with Gasteiger partial charge in [-0.15, -0.1) is 0 Å². The molecule has 6 heteroatoms. The number of carbonyl (C=O) groups is 2. The van der Waals surface area contributed by atoms with Crippen LogP contribution in [0.3, 0.4) is 0 Å². The molecule has 0 aromatic heterocycles. The lowest BCUT2D eigenvalue weighted by Gasteiger charge is -2.35. The molecule has 1 saturated carbocycles. The molecule has 0 saturated heterocycles. The fraction of sp³-hybridized carbons (Fsp3) is 0.583. The number of ether oxygens (including phenoxy) is 2. The van der Waals surface area contributed by atoms with Gasteiger partial charge in [0.25, 0.3) is 5.91 Å². The van der Waals surface area contributed by atoms with Crippen LogP contribution in [0.5, 0.6) is 5.75 Å². The standard InChI is InChI=1S/C24H32N2O4/c1-4-25(5-2)13-14-26-21(16-9-8-10-17(15-16)29-3)20-22(27)18-11-6-7-12-19(18)30-23(20)24(26)28/h8-10,15,18-19,21H,4-7,11-14H2,1-3H3. The van der Waals surface area contributed by atoms with Crippen molar-refractivity contribution in [1.29, 1.82) is 0 Å². The zero-order valence-electron chi connectivity index (χ0n) is 18.2. The molecule has 162 valence electrons. The number of Topliss-reactive ketones (excluding diaryl/α,β-unsaturated/α-hetero) is 1. The maximum Gasteiger partial charge on any atom is 0.290 e. The van der Waals surface area contributed by atoms with Crippen LogP contribution in [0, 0.1) is 5.92 Å². The highest BCUT2D eigenvalue weighted by atomic mass is 16.5. The smallest absolute Gasteiger partial charge is 0.290 e. The van der Waals surface area contributed by atoms with E-state index in [1.165, 1.54) is 0 Å². The zero-order valence-corrected chi connectivity index (χ0v) is 18.2. The van der Waals surface area contributed by atoms with E-state index >= 15 is 0 Å². The third-order valence-electron chi connectivity index (χ3n) is 6.82. The Kier molecular flexibility index (Phi) is 6.14. The first-order valence-corrected chi connectivity index (χ1v) is 11.2. The Morgan fingerprint density at radius 3 is 2.67 bits per heavy atom. The maximum absolute atomic E-state index is 13.6. The Morgan fingerprint density at radius 1 is 1.17 bits per heavy atom. The van der Waals surface area contributed by atoms with Crippen molar-refractivity contribution in [1.82, 2.24) is 9.80 Å². The summed E-state index contributed by atoms with van der Waals surface area (Å²) in [6.45, 7) is 7.41. The highest BCUT2D eigenvalue weighted by molar-refractivity contribution is 6.11. The normalized spacial score (nSPS) is 26.0. The van der Waals surface area contributed by atoms with Gasteiger partial charge < -0.3 is 19.3 Å². The minimum Gasteiger partial charge on any atom is -0.497 e. The summed E-state index contributed by atoms with van der Waals surface area (Å²) in [7, 11) is 1.63. The van der Waals surface area contributed by atoms with Crippen molar-refractivity contribution in [2.45, 2.75) is 51.7 Å². The summed E-state index contributed by atoms with van der Waals surface area (Å²) in [4.78, 5) is 31.1. The van der Waals surface area contributed by atoms with Crippen LogP contribution in [-0.4, -0.2) is 60.9 Å². The van der Waals surface area contributed by atoms with Crippen LogP contribution in [-0.2, 0) is 14.3 Å². The molecule has 1 aromatic carbocycles. The molecule has 2 aliphatic heterocycles. The largest absolute Gasteiger partial charge is 0.497 e. The molecule has 2 heterocycles. The fourth-order valence-electron chi connectivity index (χ4n) is 5.07. The molecular formula is C24H32N2O4. The van der Waals surface area contributed by atoms with Crippen LogP contribution in [0.25, 0.3) is 0 Å². The van der Waals surface area contributed by atoms with Crippen LogP contribution >= 0.6 is 0 Å². The molecule has 1 aromatic rings. The number of ketones is 1. The summed E-state index contributed by atoms with van der Waals surface area (Å²) >= 11 is 0. The van der Waals surface area contributed by atoms with Crippen molar-refractivity contribution in [2.75, 3.05) is 33.3 Å². The van der Waals surface area contributed by atoms with Gasteiger partial charge in [-0.05, 0) is 50.0 Å². The number of hydrogen-bond acceptors (Lipinski definition) is 5. The van der Waals surface area contributed by atoms with Crippen molar-refractivity contribution < 1.29 is 19.1 Å². The second-order valence-electron chi connectivity index (χ2n) is 8.36. The average Bonchev–Trinajstić information content (AvgIpc) is 3.06. The number of rotatable bonds is 7. The van der Waals surface area contributed by atoms with Crippen LogP contribution in [0.15, 0.2) is 35.6 Å². The topological polar surface area (TPSA) is 59.1 Å². The van der Waals surface area contributed by atoms with E-state index in [0.717, 1.165) is 56.6 Å². The molecule has 0 spiro atoms. The third kappa shape index (κ3) is 3.62. The number of likely N-dealkylation sites (N-methyl/N-ethyl adjacent to an activating group) is 1. The second kappa shape index (κ2) is 8.80. The lowest BCUT2D eigenvalue weighted by molar-refractivity contribution is -0.135. The summed E-state index contributed by atoms with van der Waals surface area (Å²) in [5, 5.41) is 0. The first-order chi connectivity index (χ1) is 14.6. The van der Waals surface area contributed by atoms with E-state index < -0.39 is 6.04 Å². The van der Waals surface area contributed by atoms with Gasteiger partial charge in [-0.25, -0.2) is 0 Å². The van der Waals surface area contributed by atoms with Gasteiger partial charge in [-0.2, -0.15) is 0 Å². The molecule has 3 unspecified atom stereocenters. The number of carbonyl (C=O) groups excluding carboxylic acids is 2. The number of amides is 1. The molecule has 30 heavy (non-hydrogen) atoms.